The van der Waals surface area contributed by atoms with Gasteiger partial charge in [0, 0.05) is 19.1 Å². The maximum absolute atomic E-state index is 12.7. The standard InChI is InChI=1S/C14H17F3N2O3S.ClH/c15-14(16,17)22-12-3-1-2-4-13(12)23(20,21)19-8-6-11-10(9-19)5-7-18-11;/h1-4,10-11,18H,5-9H2;1H. The van der Waals surface area contributed by atoms with E-state index in [1.54, 1.807) is 0 Å². The molecule has 2 aliphatic rings. The molecule has 2 fully saturated rings. The Morgan fingerprint density at radius 2 is 1.92 bits per heavy atom. The molecule has 136 valence electrons. The number of rotatable bonds is 3. The summed E-state index contributed by atoms with van der Waals surface area (Å²) in [5.41, 5.74) is 0. The van der Waals surface area contributed by atoms with Crippen LogP contribution in [0.3, 0.4) is 0 Å². The zero-order valence-corrected chi connectivity index (χ0v) is 14.3. The number of fused-ring (bicyclic) bond motifs is 1. The number of nitrogens with zero attached hydrogens (tertiary/aromatic N) is 1. The van der Waals surface area contributed by atoms with Gasteiger partial charge >= 0.3 is 6.36 Å². The zero-order valence-electron chi connectivity index (χ0n) is 12.6. The zero-order chi connectivity index (χ0) is 16.7. The van der Waals surface area contributed by atoms with Crippen LogP contribution < -0.4 is 10.1 Å². The third-order valence-electron chi connectivity index (χ3n) is 4.31. The predicted molar refractivity (Wildman–Crippen MR) is 83.6 cm³/mol. The highest BCUT2D eigenvalue weighted by Crippen LogP contribution is 2.34. The highest BCUT2D eigenvalue weighted by atomic mass is 35.5. The van der Waals surface area contributed by atoms with Crippen molar-refractivity contribution in [2.75, 3.05) is 19.6 Å². The van der Waals surface area contributed by atoms with Crippen LogP contribution in [-0.2, 0) is 10.0 Å². The first-order valence-corrected chi connectivity index (χ1v) is 8.80. The second kappa shape index (κ2) is 7.07. The van der Waals surface area contributed by atoms with E-state index in [1.807, 2.05) is 0 Å². The Labute approximate surface area is 144 Å². The van der Waals surface area contributed by atoms with Crippen molar-refractivity contribution in [3.05, 3.63) is 24.3 Å². The van der Waals surface area contributed by atoms with Crippen LogP contribution in [0.2, 0.25) is 0 Å². The van der Waals surface area contributed by atoms with E-state index in [2.05, 4.69) is 10.1 Å². The third kappa shape index (κ3) is 3.96. The molecule has 2 unspecified atom stereocenters. The van der Waals surface area contributed by atoms with Crippen LogP contribution >= 0.6 is 12.4 Å². The van der Waals surface area contributed by atoms with Gasteiger partial charge in [-0.15, -0.1) is 25.6 Å². The number of piperidine rings is 1. The first-order valence-electron chi connectivity index (χ1n) is 7.36. The fourth-order valence-electron chi connectivity index (χ4n) is 3.24. The van der Waals surface area contributed by atoms with E-state index in [1.165, 1.54) is 16.4 Å². The molecule has 1 aromatic carbocycles. The molecule has 0 aromatic heterocycles. The molecule has 0 radical (unpaired) electrons. The summed E-state index contributed by atoms with van der Waals surface area (Å²) in [5.74, 6) is -0.485. The Balaban J connectivity index is 0.00000208. The van der Waals surface area contributed by atoms with Gasteiger partial charge in [-0.05, 0) is 37.4 Å². The van der Waals surface area contributed by atoms with Crippen LogP contribution in [0.25, 0.3) is 0 Å². The summed E-state index contributed by atoms with van der Waals surface area (Å²) in [6.45, 7) is 1.45. The predicted octanol–water partition coefficient (Wildman–Crippen LogP) is 2.38. The van der Waals surface area contributed by atoms with Crippen LogP contribution in [0, 0.1) is 5.92 Å². The minimum Gasteiger partial charge on any atom is -0.404 e. The fraction of sp³-hybridized carbons (Fsp3) is 0.571. The fourth-order valence-corrected chi connectivity index (χ4v) is 4.87. The summed E-state index contributed by atoms with van der Waals surface area (Å²) in [6.07, 6.45) is -3.41. The molecular formula is C14H18ClF3N2O3S. The van der Waals surface area contributed by atoms with Gasteiger partial charge in [0.15, 0.2) is 0 Å². The molecule has 0 amide bonds. The molecule has 3 rings (SSSR count). The van der Waals surface area contributed by atoms with Crippen LogP contribution in [0.5, 0.6) is 5.75 Å². The SMILES string of the molecule is Cl.O=S(=O)(c1ccccc1OC(F)(F)F)N1CCC2NCCC2C1. The Morgan fingerprint density at radius 3 is 2.62 bits per heavy atom. The van der Waals surface area contributed by atoms with Gasteiger partial charge in [-0.25, -0.2) is 8.42 Å². The molecule has 0 aliphatic carbocycles. The van der Waals surface area contributed by atoms with E-state index in [0.717, 1.165) is 25.1 Å². The molecule has 5 nitrogen and oxygen atoms in total. The van der Waals surface area contributed by atoms with E-state index in [0.29, 0.717) is 19.0 Å². The number of nitrogens with one attached hydrogen (secondary N) is 1. The second-order valence-corrected chi connectivity index (χ2v) is 7.66. The molecule has 2 heterocycles. The monoisotopic (exact) mass is 386 g/mol. The van der Waals surface area contributed by atoms with Crippen molar-refractivity contribution < 1.29 is 26.3 Å². The quantitative estimate of drug-likeness (QED) is 0.866. The molecule has 2 aliphatic heterocycles. The first kappa shape index (κ1) is 19.3. The lowest BCUT2D eigenvalue weighted by Crippen LogP contribution is -2.46. The summed E-state index contributed by atoms with van der Waals surface area (Å²) in [7, 11) is -4.02. The average molecular weight is 387 g/mol. The van der Waals surface area contributed by atoms with Crippen LogP contribution in [0.15, 0.2) is 29.2 Å². The van der Waals surface area contributed by atoms with Crippen LogP contribution in [-0.4, -0.2) is 44.8 Å². The van der Waals surface area contributed by atoms with E-state index < -0.39 is 27.0 Å². The Hall–Kier alpha value is -1.03. The minimum absolute atomic E-state index is 0. The first-order chi connectivity index (χ1) is 10.8. The number of sulfonamides is 1. The molecule has 10 heteroatoms. The lowest BCUT2D eigenvalue weighted by Gasteiger charge is -2.34. The summed E-state index contributed by atoms with van der Waals surface area (Å²) >= 11 is 0. The van der Waals surface area contributed by atoms with Gasteiger partial charge in [-0.3, -0.25) is 0 Å². The molecule has 24 heavy (non-hydrogen) atoms. The van der Waals surface area contributed by atoms with Crippen molar-refractivity contribution >= 4 is 22.4 Å². The highest BCUT2D eigenvalue weighted by molar-refractivity contribution is 7.89. The molecule has 0 bridgehead atoms. The number of ether oxygens (including phenoxy) is 1. The van der Waals surface area contributed by atoms with E-state index in [-0.39, 0.29) is 24.9 Å². The topological polar surface area (TPSA) is 58.6 Å². The molecular weight excluding hydrogens is 369 g/mol. The lowest BCUT2D eigenvalue weighted by molar-refractivity contribution is -0.275. The number of hydrogen-bond donors (Lipinski definition) is 1. The van der Waals surface area contributed by atoms with Crippen LogP contribution in [0.1, 0.15) is 12.8 Å². The molecule has 1 aromatic rings. The van der Waals surface area contributed by atoms with Gasteiger partial charge in [-0.1, -0.05) is 12.1 Å². The van der Waals surface area contributed by atoms with Gasteiger partial charge in [0.1, 0.15) is 10.6 Å². The van der Waals surface area contributed by atoms with E-state index >= 15 is 0 Å². The molecule has 2 atom stereocenters. The summed E-state index contributed by atoms with van der Waals surface area (Å²) in [5, 5.41) is 3.32. The Morgan fingerprint density at radius 1 is 1.21 bits per heavy atom. The number of alkyl halides is 3. The molecule has 2 saturated heterocycles. The molecule has 1 N–H and O–H groups in total. The number of hydrogen-bond acceptors (Lipinski definition) is 4. The van der Waals surface area contributed by atoms with Crippen molar-refractivity contribution in [3.8, 4) is 5.75 Å². The van der Waals surface area contributed by atoms with Crippen LogP contribution in [0.4, 0.5) is 13.2 Å². The van der Waals surface area contributed by atoms with Gasteiger partial charge in [-0.2, -0.15) is 4.31 Å². The highest BCUT2D eigenvalue weighted by Gasteiger charge is 2.40. The summed E-state index contributed by atoms with van der Waals surface area (Å²) in [4.78, 5) is -0.443. The maximum Gasteiger partial charge on any atom is 0.573 e. The van der Waals surface area contributed by atoms with E-state index in [4.69, 9.17) is 0 Å². The van der Waals surface area contributed by atoms with Crippen molar-refractivity contribution in [1.29, 1.82) is 0 Å². The minimum atomic E-state index is -4.94. The maximum atomic E-state index is 12.7. The number of para-hydroxylation sites is 1. The van der Waals surface area contributed by atoms with Gasteiger partial charge in [0.05, 0.1) is 0 Å². The molecule has 0 saturated carbocycles. The number of benzene rings is 1. The van der Waals surface area contributed by atoms with Gasteiger partial charge < -0.3 is 10.1 Å². The normalized spacial score (nSPS) is 25.0. The van der Waals surface area contributed by atoms with Crippen molar-refractivity contribution in [2.45, 2.75) is 30.1 Å². The summed E-state index contributed by atoms with van der Waals surface area (Å²) in [6, 6.07) is 5.16. The average Bonchev–Trinajstić information content (AvgIpc) is 2.93. The third-order valence-corrected chi connectivity index (χ3v) is 6.22. The second-order valence-electron chi connectivity index (χ2n) is 5.76. The number of halogens is 4. The largest absolute Gasteiger partial charge is 0.573 e. The smallest absolute Gasteiger partial charge is 0.404 e. The van der Waals surface area contributed by atoms with Crippen molar-refractivity contribution in [3.63, 3.8) is 0 Å². The summed E-state index contributed by atoms with van der Waals surface area (Å²) < 4.78 is 68.1. The molecule has 0 spiro atoms. The lowest BCUT2D eigenvalue weighted by atomic mass is 9.95. The van der Waals surface area contributed by atoms with E-state index in [9.17, 15) is 21.6 Å². The van der Waals surface area contributed by atoms with Crippen molar-refractivity contribution in [1.82, 2.24) is 9.62 Å². The van der Waals surface area contributed by atoms with Gasteiger partial charge in [0.25, 0.3) is 0 Å². The van der Waals surface area contributed by atoms with Crippen molar-refractivity contribution in [2.24, 2.45) is 5.92 Å². The Kier molecular flexibility index (Phi) is 5.68. The Bertz CT molecular complexity index is 684. The van der Waals surface area contributed by atoms with Gasteiger partial charge in [0.2, 0.25) is 10.0 Å².